The first kappa shape index (κ1) is 43.0. The average Bonchev–Trinajstić information content (AvgIpc) is 2.87. The molecule has 0 unspecified atom stereocenters. The van der Waals surface area contributed by atoms with Gasteiger partial charge in [0, 0.05) is 51.4 Å². The van der Waals surface area contributed by atoms with Gasteiger partial charge in [0.15, 0.2) is 5.96 Å². The van der Waals surface area contributed by atoms with E-state index in [2.05, 4.69) is 106 Å². The molecule has 3 aliphatic heterocycles. The predicted octanol–water partition coefficient (Wildman–Crippen LogP) is 3.22. The van der Waals surface area contributed by atoms with Gasteiger partial charge in [-0.05, 0) is 122 Å². The van der Waals surface area contributed by atoms with Gasteiger partial charge in [0.05, 0.1) is 0 Å². The molecule has 0 aromatic carbocycles. The smallest absolute Gasteiger partial charge is 0.323 e. The van der Waals surface area contributed by atoms with Crippen LogP contribution in [-0.2, 0) is 14.4 Å². The van der Waals surface area contributed by atoms with Crippen LogP contribution < -0.4 is 21.7 Å². The summed E-state index contributed by atoms with van der Waals surface area (Å²) in [6, 6.07) is -0.962. The van der Waals surface area contributed by atoms with E-state index in [1.54, 1.807) is 14.7 Å². The van der Waals surface area contributed by atoms with Gasteiger partial charge in [-0.15, -0.1) is 0 Å². The van der Waals surface area contributed by atoms with Crippen LogP contribution in [0, 0.1) is 0 Å². The molecule has 52 heavy (non-hydrogen) atoms. The highest BCUT2D eigenvalue weighted by atomic mass is 16.4. The molecule has 8 N–H and O–H groups in total. The fourth-order valence-corrected chi connectivity index (χ4v) is 9.59. The van der Waals surface area contributed by atoms with Crippen molar-refractivity contribution < 1.29 is 29.7 Å². The first-order chi connectivity index (χ1) is 23.4. The van der Waals surface area contributed by atoms with Crippen molar-refractivity contribution in [3.63, 3.8) is 0 Å². The molecule has 0 aromatic heterocycles. The minimum absolute atomic E-state index is 0.0610. The lowest BCUT2D eigenvalue weighted by molar-refractivity contribution is -0.139. The maximum absolute atomic E-state index is 12.6. The number of carbonyl (C=O) groups is 3. The molecule has 0 aromatic rings. The average molecular weight is 734 g/mol. The number of carboxylic acid groups (broad SMARTS) is 3. The minimum Gasteiger partial charge on any atom is -0.480 e. The molecule has 3 heterocycles. The summed E-state index contributed by atoms with van der Waals surface area (Å²) in [5, 5.41) is 41.3. The summed E-state index contributed by atoms with van der Waals surface area (Å²) in [6.07, 6.45) is 3.42. The second-order valence-corrected chi connectivity index (χ2v) is 19.2. The van der Waals surface area contributed by atoms with E-state index < -0.39 is 31.0 Å². The van der Waals surface area contributed by atoms with Crippen LogP contribution in [0.25, 0.3) is 0 Å². The lowest BCUT2D eigenvalue weighted by Gasteiger charge is -2.50. The maximum Gasteiger partial charge on any atom is 0.323 e. The van der Waals surface area contributed by atoms with Crippen LogP contribution in [0.5, 0.6) is 0 Å². The Labute approximate surface area is 310 Å². The number of aliphatic imine (C=N–C) groups is 2. The van der Waals surface area contributed by atoms with Crippen molar-refractivity contribution in [2.24, 2.45) is 15.7 Å². The number of carboxylic acids is 3. The van der Waals surface area contributed by atoms with Crippen molar-refractivity contribution >= 4 is 29.8 Å². The topological polar surface area (TPSA) is 208 Å². The Kier molecular flexibility index (Phi) is 12.5. The van der Waals surface area contributed by atoms with Crippen molar-refractivity contribution in [1.29, 1.82) is 0 Å². The molecule has 0 atom stereocenters. The summed E-state index contributed by atoms with van der Waals surface area (Å²) in [4.78, 5) is 51.7. The second kappa shape index (κ2) is 15.1. The molecule has 0 saturated carbocycles. The Morgan fingerprint density at radius 3 is 1.15 bits per heavy atom. The largest absolute Gasteiger partial charge is 0.480 e. The molecular formula is C37H67N9O6. The van der Waals surface area contributed by atoms with Gasteiger partial charge in [-0.2, -0.15) is 9.98 Å². The number of hydrogen-bond donors (Lipinski definition) is 7. The van der Waals surface area contributed by atoms with Crippen molar-refractivity contribution in [2.45, 2.75) is 173 Å². The molecule has 3 rings (SSSR count). The van der Waals surface area contributed by atoms with Gasteiger partial charge in [-0.25, -0.2) is 0 Å². The number of guanidine groups is 2. The van der Waals surface area contributed by atoms with Crippen LogP contribution in [0.4, 0.5) is 0 Å². The van der Waals surface area contributed by atoms with E-state index in [9.17, 15) is 29.7 Å². The molecule has 3 fully saturated rings. The third-order valence-corrected chi connectivity index (χ3v) is 10.1. The van der Waals surface area contributed by atoms with Gasteiger partial charge < -0.3 is 51.7 Å². The van der Waals surface area contributed by atoms with E-state index in [4.69, 9.17) is 15.7 Å². The van der Waals surface area contributed by atoms with Crippen LogP contribution in [-0.4, -0.2) is 131 Å². The molecule has 0 spiro atoms. The van der Waals surface area contributed by atoms with Crippen molar-refractivity contribution in [1.82, 2.24) is 30.7 Å². The number of hydrogen-bond acceptors (Lipinski definition) is 8. The Morgan fingerprint density at radius 2 is 0.827 bits per heavy atom. The molecule has 0 aliphatic carbocycles. The monoisotopic (exact) mass is 734 g/mol. The highest BCUT2D eigenvalue weighted by Gasteiger charge is 2.44. The molecular weight excluding hydrogens is 666 g/mol. The lowest BCUT2D eigenvalue weighted by Crippen LogP contribution is -2.64. The Balaban J connectivity index is 2.26. The Morgan fingerprint density at radius 1 is 0.558 bits per heavy atom. The molecule has 0 radical (unpaired) electrons. The molecule has 15 heteroatoms. The lowest BCUT2D eigenvalue weighted by atomic mass is 9.79. The van der Waals surface area contributed by atoms with Crippen LogP contribution in [0.3, 0.4) is 0 Å². The SMILES string of the molecule is C=C(N=C(N=C(N)N(CC(=O)O)C1CC(C)(C)NC(C)(C)C1)N(CC(=O)O)C1CC(C)(C)NC(C)(C)C1)N(CC(=O)O)C1CC(C)(C)NC(C)(C)C1. The fourth-order valence-electron chi connectivity index (χ4n) is 9.59. The number of nitrogens with one attached hydrogen (secondary N) is 3. The van der Waals surface area contributed by atoms with E-state index in [0.29, 0.717) is 38.5 Å². The fraction of sp³-hybridized carbons (Fsp3) is 0.811. The number of nitrogens with two attached hydrogens (primary N) is 1. The molecule has 3 saturated heterocycles. The van der Waals surface area contributed by atoms with Gasteiger partial charge in [0.25, 0.3) is 0 Å². The zero-order valence-electron chi connectivity index (χ0n) is 33.7. The van der Waals surface area contributed by atoms with Gasteiger partial charge in [0.1, 0.15) is 25.5 Å². The summed E-state index contributed by atoms with van der Waals surface area (Å²) >= 11 is 0. The summed E-state index contributed by atoms with van der Waals surface area (Å²) in [6.45, 7) is 27.7. The molecule has 0 amide bonds. The van der Waals surface area contributed by atoms with Crippen LogP contribution in [0.15, 0.2) is 22.4 Å². The Hall–Kier alpha value is -3.43. The van der Waals surface area contributed by atoms with E-state index in [-0.39, 0.29) is 75.6 Å². The van der Waals surface area contributed by atoms with Gasteiger partial charge in [0.2, 0.25) is 5.96 Å². The maximum atomic E-state index is 12.6. The second-order valence-electron chi connectivity index (χ2n) is 19.2. The van der Waals surface area contributed by atoms with Crippen LogP contribution >= 0.6 is 0 Å². The highest BCUT2D eigenvalue weighted by Crippen LogP contribution is 2.36. The first-order valence-electron chi connectivity index (χ1n) is 18.3. The third-order valence-electron chi connectivity index (χ3n) is 10.1. The molecule has 3 aliphatic rings. The Bertz CT molecular complexity index is 1390. The first-order valence-corrected chi connectivity index (χ1v) is 18.3. The summed E-state index contributed by atoms with van der Waals surface area (Å²) in [5.74, 6) is -3.36. The molecule has 15 nitrogen and oxygen atoms in total. The third kappa shape index (κ3) is 12.3. The van der Waals surface area contributed by atoms with E-state index in [0.717, 1.165) is 0 Å². The van der Waals surface area contributed by atoms with Crippen molar-refractivity contribution in [2.75, 3.05) is 19.6 Å². The van der Waals surface area contributed by atoms with E-state index in [1.807, 2.05) is 0 Å². The van der Waals surface area contributed by atoms with Gasteiger partial charge in [-0.3, -0.25) is 14.4 Å². The number of nitrogens with zero attached hydrogens (tertiary/aromatic N) is 5. The van der Waals surface area contributed by atoms with Gasteiger partial charge >= 0.3 is 17.9 Å². The number of rotatable bonds is 11. The van der Waals surface area contributed by atoms with Crippen LogP contribution in [0.1, 0.15) is 122 Å². The predicted molar refractivity (Wildman–Crippen MR) is 204 cm³/mol. The highest BCUT2D eigenvalue weighted by molar-refractivity contribution is 5.97. The number of piperidine rings is 3. The van der Waals surface area contributed by atoms with Crippen molar-refractivity contribution in [3.05, 3.63) is 12.4 Å². The zero-order chi connectivity index (χ0) is 39.8. The standard InChI is InChI=1S/C37H67N9O6/c1-23(44(20-27(47)48)24-14-32(2,3)41-33(4,5)15-24)39-31(46(22-29(51)52)26-18-36(10,11)43-37(12,13)19-26)40-30(38)45(21-28(49)50)25-16-34(6,7)42-35(8,9)17-25/h24-26,41-43H,1,14-22H2,2-13H3,(H,47,48)(H,49,50)(H,51,52)(H2,38,39,40). The quantitative estimate of drug-likeness (QED) is 0.120. The van der Waals surface area contributed by atoms with Crippen LogP contribution in [0.2, 0.25) is 0 Å². The minimum atomic E-state index is -1.12. The number of aliphatic carboxylic acids is 3. The summed E-state index contributed by atoms with van der Waals surface area (Å²) in [5.41, 5.74) is 4.70. The summed E-state index contributed by atoms with van der Waals surface area (Å²) in [7, 11) is 0. The molecule has 0 bridgehead atoms. The zero-order valence-corrected chi connectivity index (χ0v) is 33.7. The van der Waals surface area contributed by atoms with E-state index in [1.165, 1.54) is 0 Å². The normalized spacial score (nSPS) is 24.5. The summed E-state index contributed by atoms with van der Waals surface area (Å²) < 4.78 is 0. The van der Waals surface area contributed by atoms with Crippen molar-refractivity contribution in [3.8, 4) is 0 Å². The van der Waals surface area contributed by atoms with Gasteiger partial charge in [-0.1, -0.05) is 6.58 Å². The molecule has 296 valence electrons. The van der Waals surface area contributed by atoms with E-state index >= 15 is 0 Å².